The topological polar surface area (TPSA) is 83.1 Å². The number of nitrogens with zero attached hydrogens (tertiary/aromatic N) is 5. The van der Waals surface area contributed by atoms with Gasteiger partial charge in [-0.25, -0.2) is 9.97 Å². The van der Waals surface area contributed by atoms with E-state index in [1.165, 1.54) is 37.3 Å². The van der Waals surface area contributed by atoms with E-state index in [9.17, 15) is 4.79 Å². The van der Waals surface area contributed by atoms with Crippen LogP contribution in [-0.2, 0) is 16.1 Å². The molecule has 1 aromatic heterocycles. The number of anilines is 3. The Kier molecular flexibility index (Phi) is 5.77. The summed E-state index contributed by atoms with van der Waals surface area (Å²) in [4.78, 5) is 28.0. The molecule has 0 spiro atoms. The summed E-state index contributed by atoms with van der Waals surface area (Å²) >= 11 is 0. The van der Waals surface area contributed by atoms with Crippen LogP contribution in [0.1, 0.15) is 42.7 Å². The van der Waals surface area contributed by atoms with Crippen molar-refractivity contribution in [2.24, 2.45) is 0 Å². The highest BCUT2D eigenvalue weighted by Crippen LogP contribution is 2.47. The lowest BCUT2D eigenvalue weighted by molar-refractivity contribution is -0.135. The molecule has 7 rings (SSSR count). The Morgan fingerprint density at radius 1 is 1.08 bits per heavy atom. The van der Waals surface area contributed by atoms with E-state index in [2.05, 4.69) is 49.9 Å². The molecule has 2 aromatic rings. The molecule has 2 unspecified atom stereocenters. The second-order valence-electron chi connectivity index (χ2n) is 10.9. The molecular weight excluding hydrogens is 468 g/mol. The van der Waals surface area contributed by atoms with E-state index in [1.807, 2.05) is 4.90 Å². The van der Waals surface area contributed by atoms with Gasteiger partial charge in [0.05, 0.1) is 24.5 Å². The Morgan fingerprint density at radius 3 is 2.62 bits per heavy atom. The third-order valence-corrected chi connectivity index (χ3v) is 8.89. The molecular formula is C28H34N6O3. The zero-order valence-corrected chi connectivity index (χ0v) is 21.1. The number of hydrogen-bond donors (Lipinski definition) is 1. The van der Waals surface area contributed by atoms with Crippen molar-refractivity contribution in [1.82, 2.24) is 19.8 Å². The molecule has 1 N–H and O–H groups in total. The van der Waals surface area contributed by atoms with Crippen LogP contribution in [0.5, 0.6) is 5.75 Å². The zero-order chi connectivity index (χ0) is 24.9. The van der Waals surface area contributed by atoms with Gasteiger partial charge in [-0.1, -0.05) is 12.6 Å². The van der Waals surface area contributed by atoms with Gasteiger partial charge < -0.3 is 24.6 Å². The van der Waals surface area contributed by atoms with Crippen LogP contribution >= 0.6 is 0 Å². The first-order chi connectivity index (χ1) is 18.2. The monoisotopic (exact) mass is 502 g/mol. The van der Waals surface area contributed by atoms with Crippen LogP contribution in [0.2, 0.25) is 0 Å². The van der Waals surface area contributed by atoms with Crippen LogP contribution in [0.25, 0.3) is 0 Å². The minimum Gasteiger partial charge on any atom is -0.486 e. The number of piperidine rings is 1. The highest BCUT2D eigenvalue weighted by atomic mass is 16.5. The van der Waals surface area contributed by atoms with Crippen molar-refractivity contribution in [1.29, 1.82) is 0 Å². The number of morpholine rings is 1. The molecule has 2 bridgehead atoms. The Bertz CT molecular complexity index is 1190. The lowest BCUT2D eigenvalue weighted by Gasteiger charge is -2.51. The van der Waals surface area contributed by atoms with Gasteiger partial charge in [0, 0.05) is 44.3 Å². The first-order valence-electron chi connectivity index (χ1n) is 13.6. The molecule has 5 aliphatic rings. The van der Waals surface area contributed by atoms with Crippen LogP contribution in [-0.4, -0.2) is 83.2 Å². The predicted molar refractivity (Wildman–Crippen MR) is 140 cm³/mol. The third kappa shape index (κ3) is 4.05. The quantitative estimate of drug-likeness (QED) is 0.639. The van der Waals surface area contributed by atoms with E-state index >= 15 is 0 Å². The lowest BCUT2D eigenvalue weighted by Crippen LogP contribution is -2.64. The van der Waals surface area contributed by atoms with Gasteiger partial charge in [0.15, 0.2) is 0 Å². The summed E-state index contributed by atoms with van der Waals surface area (Å²) in [5, 5.41) is 3.58. The summed E-state index contributed by atoms with van der Waals surface area (Å²) in [5.74, 6) is 3.20. The number of benzene rings is 1. The fourth-order valence-electron chi connectivity index (χ4n) is 7.03. The molecule has 0 saturated carbocycles. The maximum Gasteiger partial charge on any atom is 0.246 e. The predicted octanol–water partition coefficient (Wildman–Crippen LogP) is 3.06. The van der Waals surface area contributed by atoms with Gasteiger partial charge in [-0.3, -0.25) is 9.69 Å². The molecule has 9 nitrogen and oxygen atoms in total. The maximum absolute atomic E-state index is 11.9. The minimum atomic E-state index is 0.0575. The summed E-state index contributed by atoms with van der Waals surface area (Å²) in [7, 11) is 0. The molecule has 1 amide bonds. The van der Waals surface area contributed by atoms with Crippen molar-refractivity contribution in [3.8, 4) is 5.75 Å². The molecule has 4 saturated heterocycles. The molecule has 5 aliphatic heterocycles. The van der Waals surface area contributed by atoms with Crippen LogP contribution in [0, 0.1) is 0 Å². The van der Waals surface area contributed by atoms with E-state index in [1.54, 1.807) is 6.33 Å². The standard InChI is InChI=1S/C28H34N6O3/c1-2-26(35)33-14-22(15-33)34-20-4-5-21(34)12-19(11-20)18-3-6-25-24(13-18)31-27-23(16-37-25)28(30-17-29-27)32-7-9-36-10-8-32/h2-3,6,13,17,19-22H,1,4-5,7-12,14-16H2,(H,29,30,31). The second kappa shape index (κ2) is 9.29. The number of hydrogen-bond acceptors (Lipinski definition) is 8. The molecule has 4 fully saturated rings. The van der Waals surface area contributed by atoms with Gasteiger partial charge in [-0.05, 0) is 55.4 Å². The van der Waals surface area contributed by atoms with Crippen LogP contribution in [0.3, 0.4) is 0 Å². The zero-order valence-electron chi connectivity index (χ0n) is 21.1. The van der Waals surface area contributed by atoms with Crippen molar-refractivity contribution in [2.75, 3.05) is 49.6 Å². The smallest absolute Gasteiger partial charge is 0.246 e. The highest BCUT2D eigenvalue weighted by molar-refractivity contribution is 5.87. The molecule has 37 heavy (non-hydrogen) atoms. The number of carbonyl (C=O) groups is 1. The molecule has 194 valence electrons. The van der Waals surface area contributed by atoms with Gasteiger partial charge >= 0.3 is 0 Å². The molecule has 1 aromatic carbocycles. The molecule has 0 aliphatic carbocycles. The number of nitrogens with one attached hydrogen (secondary N) is 1. The number of ether oxygens (including phenoxy) is 2. The first kappa shape index (κ1) is 23.0. The second-order valence-corrected chi connectivity index (χ2v) is 10.9. The fraction of sp³-hybridized carbons (Fsp3) is 0.536. The molecule has 0 radical (unpaired) electrons. The average Bonchev–Trinajstić information content (AvgIpc) is 3.07. The minimum absolute atomic E-state index is 0.0575. The number of likely N-dealkylation sites (tertiary alicyclic amines) is 1. The summed E-state index contributed by atoms with van der Waals surface area (Å²) in [6.45, 7) is 8.83. The van der Waals surface area contributed by atoms with Gasteiger partial charge in [-0.2, -0.15) is 0 Å². The van der Waals surface area contributed by atoms with Crippen molar-refractivity contribution in [2.45, 2.75) is 56.3 Å². The Morgan fingerprint density at radius 2 is 1.86 bits per heavy atom. The largest absolute Gasteiger partial charge is 0.486 e. The van der Waals surface area contributed by atoms with Gasteiger partial charge in [-0.15, -0.1) is 0 Å². The highest BCUT2D eigenvalue weighted by Gasteiger charge is 2.47. The number of carbonyl (C=O) groups excluding carboxylic acids is 1. The van der Waals surface area contributed by atoms with Crippen LogP contribution < -0.4 is 15.0 Å². The van der Waals surface area contributed by atoms with E-state index in [4.69, 9.17) is 9.47 Å². The normalized spacial score (nSPS) is 27.3. The average molecular weight is 503 g/mol. The summed E-state index contributed by atoms with van der Waals surface area (Å²) < 4.78 is 11.8. The lowest BCUT2D eigenvalue weighted by atomic mass is 9.83. The van der Waals surface area contributed by atoms with Gasteiger partial charge in [0.1, 0.15) is 30.3 Å². The fourth-order valence-corrected chi connectivity index (χ4v) is 7.03. The number of fused-ring (bicyclic) bond motifs is 4. The van der Waals surface area contributed by atoms with Crippen LogP contribution in [0.15, 0.2) is 37.2 Å². The first-order valence-corrected chi connectivity index (χ1v) is 13.6. The van der Waals surface area contributed by atoms with Crippen LogP contribution in [0.4, 0.5) is 17.3 Å². The van der Waals surface area contributed by atoms with Crippen molar-refractivity contribution < 1.29 is 14.3 Å². The molecule has 9 heteroatoms. The van der Waals surface area contributed by atoms with E-state index in [0.29, 0.717) is 43.9 Å². The third-order valence-electron chi connectivity index (χ3n) is 8.89. The van der Waals surface area contributed by atoms with E-state index < -0.39 is 0 Å². The van der Waals surface area contributed by atoms with Crippen molar-refractivity contribution in [3.05, 3.63) is 48.3 Å². The Labute approximate surface area is 217 Å². The molecule has 2 atom stereocenters. The van der Waals surface area contributed by atoms with E-state index in [0.717, 1.165) is 54.8 Å². The van der Waals surface area contributed by atoms with E-state index in [-0.39, 0.29) is 5.91 Å². The number of aromatic nitrogens is 2. The van der Waals surface area contributed by atoms with Gasteiger partial charge in [0.25, 0.3) is 0 Å². The SMILES string of the molecule is C=CC(=O)N1CC(N2C3CCC2CC(c2ccc4c(c2)Nc2ncnc(N5CCOCC5)c2CO4)C3)C1. The summed E-state index contributed by atoms with van der Waals surface area (Å²) in [6, 6.07) is 8.34. The van der Waals surface area contributed by atoms with Crippen molar-refractivity contribution >= 4 is 23.2 Å². The number of rotatable bonds is 4. The summed E-state index contributed by atoms with van der Waals surface area (Å²) in [6.07, 6.45) is 7.93. The Balaban J connectivity index is 1.08. The maximum atomic E-state index is 11.9. The Hall–Kier alpha value is -3.17. The number of amides is 1. The summed E-state index contributed by atoms with van der Waals surface area (Å²) in [5.41, 5.74) is 3.35. The van der Waals surface area contributed by atoms with Gasteiger partial charge in [0.2, 0.25) is 5.91 Å². The molecule has 6 heterocycles. The van der Waals surface area contributed by atoms with Crippen molar-refractivity contribution in [3.63, 3.8) is 0 Å².